The maximum absolute atomic E-state index is 13.7. The molecule has 0 unspecified atom stereocenters. The third-order valence-corrected chi connectivity index (χ3v) is 4.09. The van der Waals surface area contributed by atoms with Gasteiger partial charge in [0.1, 0.15) is 4.90 Å². The topological polar surface area (TPSA) is 98.2 Å². The molecule has 0 amide bonds. The molecule has 0 saturated carbocycles. The quantitative estimate of drug-likeness (QED) is 0.863. The van der Waals surface area contributed by atoms with Gasteiger partial charge in [-0.3, -0.25) is 0 Å². The van der Waals surface area contributed by atoms with E-state index in [1.165, 1.54) is 6.07 Å². The molecule has 3 N–H and O–H groups in total. The van der Waals surface area contributed by atoms with Gasteiger partial charge >= 0.3 is 0 Å². The molecule has 0 atom stereocenters. The number of sulfonamides is 1. The Bertz CT molecular complexity index is 759. The highest BCUT2D eigenvalue weighted by Gasteiger charge is 2.23. The van der Waals surface area contributed by atoms with Gasteiger partial charge in [-0.2, -0.15) is 0 Å². The van der Waals surface area contributed by atoms with E-state index in [1.807, 2.05) is 0 Å². The molecule has 2 aromatic rings. The van der Waals surface area contributed by atoms with Crippen LogP contribution >= 0.6 is 0 Å². The van der Waals surface area contributed by atoms with E-state index in [2.05, 4.69) is 9.88 Å². The van der Waals surface area contributed by atoms with Crippen LogP contribution in [0.3, 0.4) is 0 Å². The van der Waals surface area contributed by atoms with Gasteiger partial charge < -0.3 is 10.3 Å². The van der Waals surface area contributed by atoms with Crippen LogP contribution in [0.15, 0.2) is 27.6 Å². The second kappa shape index (κ2) is 5.88. The standard InChI is InChI=1S/C12H13F2N3O3S/c1-7-2-9(20-17-7)6-16-21(18,19)11-4-8(5-15)3-10(13)12(11)14/h2-4,16H,5-6,15H2,1H3. The average molecular weight is 317 g/mol. The summed E-state index contributed by atoms with van der Waals surface area (Å²) in [5.41, 5.74) is 6.07. The summed E-state index contributed by atoms with van der Waals surface area (Å²) in [5.74, 6) is -2.46. The molecule has 2 rings (SSSR count). The molecule has 0 aliphatic carbocycles. The van der Waals surface area contributed by atoms with E-state index in [0.717, 1.165) is 12.1 Å². The molecule has 0 saturated heterocycles. The molecule has 21 heavy (non-hydrogen) atoms. The Balaban J connectivity index is 2.29. The minimum atomic E-state index is -4.24. The summed E-state index contributed by atoms with van der Waals surface area (Å²) in [6.45, 7) is 1.33. The predicted molar refractivity (Wildman–Crippen MR) is 69.5 cm³/mol. The third kappa shape index (κ3) is 3.43. The lowest BCUT2D eigenvalue weighted by Gasteiger charge is -2.08. The Morgan fingerprint density at radius 1 is 1.33 bits per heavy atom. The van der Waals surface area contributed by atoms with Gasteiger partial charge in [0.25, 0.3) is 0 Å². The molecular formula is C12H13F2N3O3S. The van der Waals surface area contributed by atoms with Crippen LogP contribution in [0.5, 0.6) is 0 Å². The minimum Gasteiger partial charge on any atom is -0.360 e. The zero-order chi connectivity index (χ0) is 15.6. The Morgan fingerprint density at radius 2 is 2.05 bits per heavy atom. The first kappa shape index (κ1) is 15.5. The number of benzene rings is 1. The molecule has 0 bridgehead atoms. The van der Waals surface area contributed by atoms with Crippen molar-refractivity contribution in [2.45, 2.75) is 24.9 Å². The van der Waals surface area contributed by atoms with Gasteiger partial charge in [-0.25, -0.2) is 21.9 Å². The van der Waals surface area contributed by atoms with Crippen LogP contribution in [0.2, 0.25) is 0 Å². The van der Waals surface area contributed by atoms with Crippen LogP contribution in [0.4, 0.5) is 8.78 Å². The smallest absolute Gasteiger partial charge is 0.244 e. The van der Waals surface area contributed by atoms with E-state index >= 15 is 0 Å². The zero-order valence-electron chi connectivity index (χ0n) is 11.1. The van der Waals surface area contributed by atoms with Gasteiger partial charge in [-0.05, 0) is 24.6 Å². The van der Waals surface area contributed by atoms with Crippen molar-refractivity contribution < 1.29 is 21.7 Å². The summed E-state index contributed by atoms with van der Waals surface area (Å²) in [4.78, 5) is -0.792. The Hall–Kier alpha value is -1.84. The molecule has 9 heteroatoms. The van der Waals surface area contributed by atoms with Gasteiger partial charge in [0.15, 0.2) is 17.4 Å². The highest BCUT2D eigenvalue weighted by atomic mass is 32.2. The van der Waals surface area contributed by atoms with Crippen LogP contribution in [-0.2, 0) is 23.1 Å². The number of aryl methyl sites for hydroxylation is 1. The molecule has 0 radical (unpaired) electrons. The number of nitrogens with two attached hydrogens (primary N) is 1. The molecule has 0 fully saturated rings. The summed E-state index contributed by atoms with van der Waals surface area (Å²) in [6.07, 6.45) is 0. The van der Waals surface area contributed by atoms with Gasteiger partial charge in [0, 0.05) is 12.6 Å². The number of nitrogens with one attached hydrogen (secondary N) is 1. The summed E-state index contributed by atoms with van der Waals surface area (Å²) in [7, 11) is -4.24. The lowest BCUT2D eigenvalue weighted by Crippen LogP contribution is -2.24. The van der Waals surface area contributed by atoms with Crippen molar-refractivity contribution in [2.75, 3.05) is 0 Å². The van der Waals surface area contributed by atoms with Gasteiger partial charge in [-0.1, -0.05) is 5.16 Å². The number of hydrogen-bond donors (Lipinski definition) is 2. The third-order valence-electron chi connectivity index (χ3n) is 2.69. The second-order valence-corrected chi connectivity index (χ2v) is 6.09. The van der Waals surface area contributed by atoms with E-state index in [4.69, 9.17) is 10.3 Å². The summed E-state index contributed by atoms with van der Waals surface area (Å²) in [6, 6.07) is 3.37. The minimum absolute atomic E-state index is 0.110. The molecule has 0 aliphatic heterocycles. The number of nitrogens with zero attached hydrogens (tertiary/aromatic N) is 1. The van der Waals surface area contributed by atoms with Crippen molar-refractivity contribution in [3.63, 3.8) is 0 Å². The van der Waals surface area contributed by atoms with E-state index < -0.39 is 26.6 Å². The van der Waals surface area contributed by atoms with Crippen molar-refractivity contribution in [1.82, 2.24) is 9.88 Å². The molecule has 1 heterocycles. The first-order valence-corrected chi connectivity index (χ1v) is 7.41. The van der Waals surface area contributed by atoms with Gasteiger partial charge in [0.05, 0.1) is 12.2 Å². The summed E-state index contributed by atoms with van der Waals surface area (Å²) < 4.78 is 58.1. The summed E-state index contributed by atoms with van der Waals surface area (Å²) in [5, 5.41) is 3.59. The van der Waals surface area contributed by atoms with E-state index in [0.29, 0.717) is 5.69 Å². The fourth-order valence-corrected chi connectivity index (χ4v) is 2.80. The predicted octanol–water partition coefficient (Wildman–Crippen LogP) is 1.20. The van der Waals surface area contributed by atoms with Crippen molar-refractivity contribution in [2.24, 2.45) is 5.73 Å². The molecule has 6 nitrogen and oxygen atoms in total. The first-order chi connectivity index (χ1) is 9.83. The maximum Gasteiger partial charge on any atom is 0.244 e. The fraction of sp³-hybridized carbons (Fsp3) is 0.250. The Kier molecular flexibility index (Phi) is 4.35. The lowest BCUT2D eigenvalue weighted by molar-refractivity contribution is 0.376. The van der Waals surface area contributed by atoms with Crippen molar-refractivity contribution in [3.8, 4) is 0 Å². The maximum atomic E-state index is 13.7. The molecule has 0 aliphatic rings. The van der Waals surface area contributed by atoms with Crippen molar-refractivity contribution >= 4 is 10.0 Å². The van der Waals surface area contributed by atoms with Crippen LogP contribution in [0, 0.1) is 18.6 Å². The van der Waals surface area contributed by atoms with Crippen LogP contribution in [-0.4, -0.2) is 13.6 Å². The van der Waals surface area contributed by atoms with Crippen LogP contribution in [0.1, 0.15) is 17.0 Å². The van der Waals surface area contributed by atoms with E-state index in [1.54, 1.807) is 6.92 Å². The van der Waals surface area contributed by atoms with Crippen LogP contribution in [0.25, 0.3) is 0 Å². The monoisotopic (exact) mass is 317 g/mol. The number of rotatable bonds is 5. The highest BCUT2D eigenvalue weighted by Crippen LogP contribution is 2.20. The summed E-state index contributed by atoms with van der Waals surface area (Å²) >= 11 is 0. The van der Waals surface area contributed by atoms with Crippen molar-refractivity contribution in [3.05, 3.63) is 46.9 Å². The molecule has 114 valence electrons. The number of halogens is 2. The van der Waals surface area contributed by atoms with E-state index in [9.17, 15) is 17.2 Å². The fourth-order valence-electron chi connectivity index (χ4n) is 1.67. The molecular weight excluding hydrogens is 304 g/mol. The van der Waals surface area contributed by atoms with Crippen molar-refractivity contribution in [1.29, 1.82) is 0 Å². The van der Waals surface area contributed by atoms with E-state index in [-0.39, 0.29) is 24.4 Å². The molecule has 1 aromatic heterocycles. The average Bonchev–Trinajstić information content (AvgIpc) is 2.85. The normalized spacial score (nSPS) is 11.8. The zero-order valence-corrected chi connectivity index (χ0v) is 11.9. The first-order valence-electron chi connectivity index (χ1n) is 5.93. The highest BCUT2D eigenvalue weighted by molar-refractivity contribution is 7.89. The molecule has 1 aromatic carbocycles. The lowest BCUT2D eigenvalue weighted by atomic mass is 10.2. The second-order valence-electron chi connectivity index (χ2n) is 4.35. The van der Waals surface area contributed by atoms with Crippen LogP contribution < -0.4 is 10.5 Å². The number of hydrogen-bond acceptors (Lipinski definition) is 5. The molecule has 0 spiro atoms. The SMILES string of the molecule is Cc1cc(CNS(=O)(=O)c2cc(CN)cc(F)c2F)on1. The van der Waals surface area contributed by atoms with Gasteiger partial charge in [-0.15, -0.1) is 0 Å². The van der Waals surface area contributed by atoms with Gasteiger partial charge in [0.2, 0.25) is 10.0 Å². The largest absolute Gasteiger partial charge is 0.360 e. The number of aromatic nitrogens is 1. The Morgan fingerprint density at radius 3 is 2.62 bits per heavy atom. The Labute approximate surface area is 120 Å².